The van der Waals surface area contributed by atoms with Gasteiger partial charge in [0.15, 0.2) is 0 Å². The molecular formula is C19H25N3O3. The van der Waals surface area contributed by atoms with E-state index < -0.39 is 0 Å². The van der Waals surface area contributed by atoms with Gasteiger partial charge in [-0.25, -0.2) is 0 Å². The van der Waals surface area contributed by atoms with E-state index in [9.17, 15) is 9.90 Å². The molecule has 3 rings (SSSR count). The number of aliphatic hydroxyl groups excluding tert-OH is 1. The summed E-state index contributed by atoms with van der Waals surface area (Å²) >= 11 is 0. The number of hydrogen-bond donors (Lipinski definition) is 3. The number of aliphatic hydroxyl groups is 1. The minimum Gasteiger partial charge on any atom is -0.467 e. The second-order valence-electron chi connectivity index (χ2n) is 6.46. The average molecular weight is 343 g/mol. The van der Waals surface area contributed by atoms with Crippen LogP contribution >= 0.6 is 0 Å². The van der Waals surface area contributed by atoms with Gasteiger partial charge in [0.1, 0.15) is 12.0 Å². The maximum absolute atomic E-state index is 12.2. The van der Waals surface area contributed by atoms with Crippen LogP contribution in [0.25, 0.3) is 0 Å². The molecule has 2 aromatic rings. The predicted octanol–water partition coefficient (Wildman–Crippen LogP) is 1.62. The molecule has 0 atom stereocenters. The molecule has 0 saturated carbocycles. The minimum absolute atomic E-state index is 0.167. The first-order chi connectivity index (χ1) is 12.2. The molecule has 1 aliphatic rings. The van der Waals surface area contributed by atoms with Gasteiger partial charge in [0, 0.05) is 26.2 Å². The number of piperidine rings is 1. The summed E-state index contributed by atoms with van der Waals surface area (Å²) in [5, 5.41) is 12.6. The monoisotopic (exact) mass is 343 g/mol. The van der Waals surface area contributed by atoms with Crippen molar-refractivity contribution in [2.45, 2.75) is 38.6 Å². The predicted molar refractivity (Wildman–Crippen MR) is 94.7 cm³/mol. The number of nitrogens with two attached hydrogens (primary N) is 1. The first kappa shape index (κ1) is 17.7. The molecule has 1 saturated heterocycles. The van der Waals surface area contributed by atoms with E-state index in [1.54, 1.807) is 6.07 Å². The van der Waals surface area contributed by atoms with Crippen LogP contribution in [-0.4, -0.2) is 35.1 Å². The Hall–Kier alpha value is -2.15. The molecule has 0 unspecified atom stereocenters. The van der Waals surface area contributed by atoms with E-state index in [0.717, 1.165) is 38.0 Å². The second kappa shape index (κ2) is 8.29. The van der Waals surface area contributed by atoms with E-state index in [1.807, 2.05) is 18.2 Å². The first-order valence-electron chi connectivity index (χ1n) is 8.68. The van der Waals surface area contributed by atoms with Crippen molar-refractivity contribution >= 4 is 5.91 Å². The van der Waals surface area contributed by atoms with Gasteiger partial charge in [0.25, 0.3) is 5.91 Å². The normalized spacial score (nSPS) is 16.1. The molecular weight excluding hydrogens is 318 g/mol. The fourth-order valence-corrected chi connectivity index (χ4v) is 3.09. The molecule has 0 radical (unpaired) electrons. The number of hydrogen-bond acceptors (Lipinski definition) is 5. The van der Waals surface area contributed by atoms with Gasteiger partial charge in [-0.3, -0.25) is 9.69 Å². The second-order valence-corrected chi connectivity index (χ2v) is 6.46. The van der Waals surface area contributed by atoms with Crippen molar-refractivity contribution in [1.82, 2.24) is 10.2 Å². The SMILES string of the molecule is NCc1cc(C(=O)NCc2ccccc2CN2CCC(O)CC2)co1. The van der Waals surface area contributed by atoms with Gasteiger partial charge >= 0.3 is 0 Å². The van der Waals surface area contributed by atoms with E-state index in [0.29, 0.717) is 17.9 Å². The van der Waals surface area contributed by atoms with E-state index >= 15 is 0 Å². The molecule has 0 spiro atoms. The molecule has 0 bridgehead atoms. The summed E-state index contributed by atoms with van der Waals surface area (Å²) in [6.45, 7) is 3.38. The van der Waals surface area contributed by atoms with E-state index in [1.165, 1.54) is 11.8 Å². The zero-order valence-electron chi connectivity index (χ0n) is 14.3. The summed E-state index contributed by atoms with van der Waals surface area (Å²) < 4.78 is 5.21. The number of rotatable bonds is 6. The highest BCUT2D eigenvalue weighted by molar-refractivity contribution is 5.93. The van der Waals surface area contributed by atoms with Gasteiger partial charge in [-0.05, 0) is 30.0 Å². The Kier molecular flexibility index (Phi) is 5.86. The highest BCUT2D eigenvalue weighted by atomic mass is 16.3. The van der Waals surface area contributed by atoms with Crippen molar-refractivity contribution in [3.63, 3.8) is 0 Å². The molecule has 6 heteroatoms. The number of nitrogens with zero attached hydrogens (tertiary/aromatic N) is 1. The summed E-state index contributed by atoms with van der Waals surface area (Å²) in [6.07, 6.45) is 2.91. The Balaban J connectivity index is 1.59. The third-order valence-electron chi connectivity index (χ3n) is 4.63. The van der Waals surface area contributed by atoms with Crippen molar-refractivity contribution in [1.29, 1.82) is 0 Å². The Morgan fingerprint density at radius 3 is 2.68 bits per heavy atom. The van der Waals surface area contributed by atoms with Gasteiger partial charge < -0.3 is 20.6 Å². The third kappa shape index (κ3) is 4.69. The van der Waals surface area contributed by atoms with Crippen LogP contribution in [0.4, 0.5) is 0 Å². The molecule has 134 valence electrons. The average Bonchev–Trinajstić information content (AvgIpc) is 3.12. The summed E-state index contributed by atoms with van der Waals surface area (Å²) in [7, 11) is 0. The standard InChI is InChI=1S/C19H25N3O3/c20-10-18-9-16(13-25-18)19(24)21-11-14-3-1-2-4-15(14)12-22-7-5-17(23)6-8-22/h1-4,9,13,17,23H,5-8,10-12,20H2,(H,21,24). The first-order valence-corrected chi connectivity index (χ1v) is 8.68. The van der Waals surface area contributed by atoms with Crippen LogP contribution < -0.4 is 11.1 Å². The maximum atomic E-state index is 12.2. The van der Waals surface area contributed by atoms with Crippen molar-refractivity contribution in [3.8, 4) is 0 Å². The van der Waals surface area contributed by atoms with Crippen LogP contribution in [0.2, 0.25) is 0 Å². The van der Waals surface area contributed by atoms with Gasteiger partial charge in [-0.2, -0.15) is 0 Å². The lowest BCUT2D eigenvalue weighted by Crippen LogP contribution is -2.35. The molecule has 4 N–H and O–H groups in total. The minimum atomic E-state index is -0.167. The van der Waals surface area contributed by atoms with Crippen LogP contribution in [0.15, 0.2) is 41.0 Å². The molecule has 2 heterocycles. The summed E-state index contributed by atoms with van der Waals surface area (Å²) in [5.74, 6) is 0.428. The molecule has 1 aliphatic heterocycles. The summed E-state index contributed by atoms with van der Waals surface area (Å²) in [5.41, 5.74) is 8.29. The maximum Gasteiger partial charge on any atom is 0.254 e. The fraction of sp³-hybridized carbons (Fsp3) is 0.421. The van der Waals surface area contributed by atoms with Gasteiger partial charge in [-0.1, -0.05) is 24.3 Å². The van der Waals surface area contributed by atoms with Crippen LogP contribution in [0.3, 0.4) is 0 Å². The zero-order valence-corrected chi connectivity index (χ0v) is 14.3. The third-order valence-corrected chi connectivity index (χ3v) is 4.63. The Labute approximate surface area is 147 Å². The number of carbonyl (C=O) groups is 1. The largest absolute Gasteiger partial charge is 0.467 e. The number of furan rings is 1. The number of nitrogens with one attached hydrogen (secondary N) is 1. The lowest BCUT2D eigenvalue weighted by molar-refractivity contribution is 0.0790. The van der Waals surface area contributed by atoms with Gasteiger partial charge in [-0.15, -0.1) is 0 Å². The fourth-order valence-electron chi connectivity index (χ4n) is 3.09. The number of amides is 1. The van der Waals surface area contributed by atoms with Crippen molar-refractivity contribution in [2.75, 3.05) is 13.1 Å². The highest BCUT2D eigenvalue weighted by Crippen LogP contribution is 2.17. The Bertz CT molecular complexity index is 705. The van der Waals surface area contributed by atoms with Gasteiger partial charge in [0.2, 0.25) is 0 Å². The summed E-state index contributed by atoms with van der Waals surface area (Å²) in [4.78, 5) is 14.6. The van der Waals surface area contributed by atoms with Crippen molar-refractivity contribution in [3.05, 3.63) is 59.0 Å². The van der Waals surface area contributed by atoms with Crippen LogP contribution in [-0.2, 0) is 19.6 Å². The zero-order chi connectivity index (χ0) is 17.6. The molecule has 0 aliphatic carbocycles. The highest BCUT2D eigenvalue weighted by Gasteiger charge is 2.18. The van der Waals surface area contributed by atoms with Crippen LogP contribution in [0.5, 0.6) is 0 Å². The number of benzene rings is 1. The molecule has 6 nitrogen and oxygen atoms in total. The van der Waals surface area contributed by atoms with E-state index in [4.69, 9.17) is 10.2 Å². The van der Waals surface area contributed by atoms with E-state index in [2.05, 4.69) is 16.3 Å². The van der Waals surface area contributed by atoms with Crippen LogP contribution in [0, 0.1) is 0 Å². The van der Waals surface area contributed by atoms with Crippen LogP contribution in [0.1, 0.15) is 40.1 Å². The van der Waals surface area contributed by atoms with Gasteiger partial charge in [0.05, 0.1) is 18.2 Å². The number of carbonyl (C=O) groups excluding carboxylic acids is 1. The van der Waals surface area contributed by atoms with Crippen molar-refractivity contribution in [2.24, 2.45) is 5.73 Å². The number of likely N-dealkylation sites (tertiary alicyclic amines) is 1. The van der Waals surface area contributed by atoms with E-state index in [-0.39, 0.29) is 18.6 Å². The lowest BCUT2D eigenvalue weighted by Gasteiger charge is -2.30. The molecule has 1 aromatic carbocycles. The molecule has 1 amide bonds. The lowest BCUT2D eigenvalue weighted by atomic mass is 10.0. The Morgan fingerprint density at radius 2 is 2.00 bits per heavy atom. The smallest absolute Gasteiger partial charge is 0.254 e. The quantitative estimate of drug-likeness (QED) is 0.741. The summed E-state index contributed by atoms with van der Waals surface area (Å²) in [6, 6.07) is 9.80. The molecule has 1 aromatic heterocycles. The molecule has 25 heavy (non-hydrogen) atoms. The molecule has 1 fully saturated rings. The topological polar surface area (TPSA) is 91.7 Å². The Morgan fingerprint density at radius 1 is 1.28 bits per heavy atom. The van der Waals surface area contributed by atoms with Crippen molar-refractivity contribution < 1.29 is 14.3 Å².